The smallest absolute Gasteiger partial charge is 0.246 e. The molecule has 1 amide bonds. The van der Waals surface area contributed by atoms with Crippen molar-refractivity contribution in [3.63, 3.8) is 0 Å². The van der Waals surface area contributed by atoms with Gasteiger partial charge in [0.2, 0.25) is 26.0 Å². The molecule has 1 aliphatic heterocycles. The number of morpholine rings is 1. The van der Waals surface area contributed by atoms with Gasteiger partial charge in [-0.1, -0.05) is 0 Å². The van der Waals surface area contributed by atoms with Crippen LogP contribution in [-0.4, -0.2) is 87.5 Å². The molecular formula is C22H29N3O9S2. The minimum Gasteiger partial charge on any atom is -0.497 e. The lowest BCUT2D eigenvalue weighted by Gasteiger charge is -2.27. The zero-order chi connectivity index (χ0) is 26.5. The van der Waals surface area contributed by atoms with Gasteiger partial charge < -0.3 is 24.3 Å². The second kappa shape index (κ2) is 11.3. The van der Waals surface area contributed by atoms with Crippen LogP contribution >= 0.6 is 0 Å². The molecule has 0 atom stereocenters. The summed E-state index contributed by atoms with van der Waals surface area (Å²) in [7, 11) is -3.70. The standard InChI is InChI=1S/C22H29N3O9S2/c1-31-17-6-8-19(32-2)18(14-17)25(35(4,27)28)15-22(26)23-16-5-7-20(33-3)21(13-16)36(29,30)24-9-11-34-12-10-24/h5-8,13-14H,9-12,15H2,1-4H3,(H,23,26). The first-order valence-corrected chi connectivity index (χ1v) is 14.1. The molecule has 1 saturated heterocycles. The Kier molecular flexibility index (Phi) is 8.66. The molecule has 36 heavy (non-hydrogen) atoms. The van der Waals surface area contributed by atoms with Gasteiger partial charge in [0.1, 0.15) is 28.7 Å². The summed E-state index contributed by atoms with van der Waals surface area (Å²) in [5.74, 6) is -0.00566. The number of sulfonamides is 2. The molecule has 0 aromatic heterocycles. The van der Waals surface area contributed by atoms with Crippen molar-refractivity contribution < 1.29 is 40.6 Å². The number of anilines is 2. The Bertz CT molecular complexity index is 1310. The number of nitrogens with zero attached hydrogens (tertiary/aromatic N) is 2. The van der Waals surface area contributed by atoms with Gasteiger partial charge in [-0.05, 0) is 30.3 Å². The maximum absolute atomic E-state index is 13.2. The molecule has 0 aliphatic carbocycles. The second-order valence-electron chi connectivity index (χ2n) is 7.74. The zero-order valence-electron chi connectivity index (χ0n) is 20.4. The van der Waals surface area contributed by atoms with E-state index in [0.717, 1.165) is 10.6 Å². The highest BCUT2D eigenvalue weighted by Gasteiger charge is 2.30. The topological polar surface area (TPSA) is 141 Å². The lowest BCUT2D eigenvalue weighted by molar-refractivity contribution is -0.114. The summed E-state index contributed by atoms with van der Waals surface area (Å²) in [5, 5.41) is 2.57. The van der Waals surface area contributed by atoms with Crippen LogP contribution in [0.2, 0.25) is 0 Å². The van der Waals surface area contributed by atoms with Crippen molar-refractivity contribution in [3.8, 4) is 17.2 Å². The number of hydrogen-bond donors (Lipinski definition) is 1. The zero-order valence-corrected chi connectivity index (χ0v) is 22.0. The number of hydrogen-bond acceptors (Lipinski definition) is 9. The molecule has 14 heteroatoms. The summed E-state index contributed by atoms with van der Waals surface area (Å²) >= 11 is 0. The van der Waals surface area contributed by atoms with Crippen LogP contribution in [0, 0.1) is 0 Å². The van der Waals surface area contributed by atoms with Gasteiger partial charge in [0.15, 0.2) is 0 Å². The van der Waals surface area contributed by atoms with Gasteiger partial charge in [-0.25, -0.2) is 16.8 Å². The summed E-state index contributed by atoms with van der Waals surface area (Å²) in [6.07, 6.45) is 0.958. The van der Waals surface area contributed by atoms with Crippen molar-refractivity contribution in [3.05, 3.63) is 36.4 Å². The number of nitrogens with one attached hydrogen (secondary N) is 1. The van der Waals surface area contributed by atoms with E-state index in [1.54, 1.807) is 6.07 Å². The highest BCUT2D eigenvalue weighted by Crippen LogP contribution is 2.34. The largest absolute Gasteiger partial charge is 0.497 e. The lowest BCUT2D eigenvalue weighted by atomic mass is 10.2. The Morgan fingerprint density at radius 3 is 2.19 bits per heavy atom. The number of benzene rings is 2. The van der Waals surface area contributed by atoms with Gasteiger partial charge in [0.25, 0.3) is 0 Å². The van der Waals surface area contributed by atoms with Crippen molar-refractivity contribution in [1.82, 2.24) is 4.31 Å². The van der Waals surface area contributed by atoms with Crippen molar-refractivity contribution in [2.45, 2.75) is 4.90 Å². The molecule has 1 fully saturated rings. The summed E-state index contributed by atoms with van der Waals surface area (Å²) in [6, 6.07) is 8.72. The van der Waals surface area contributed by atoms with E-state index in [4.69, 9.17) is 18.9 Å². The van der Waals surface area contributed by atoms with Crippen LogP contribution in [0.4, 0.5) is 11.4 Å². The van der Waals surface area contributed by atoms with E-state index in [2.05, 4.69) is 5.32 Å². The Labute approximate surface area is 210 Å². The summed E-state index contributed by atoms with van der Waals surface area (Å²) < 4.78 is 74.6. The monoisotopic (exact) mass is 543 g/mol. The van der Waals surface area contributed by atoms with E-state index >= 15 is 0 Å². The van der Waals surface area contributed by atoms with Gasteiger partial charge in [0, 0.05) is 24.8 Å². The number of carbonyl (C=O) groups is 1. The summed E-state index contributed by atoms with van der Waals surface area (Å²) in [6.45, 7) is 0.321. The molecule has 12 nitrogen and oxygen atoms in total. The highest BCUT2D eigenvalue weighted by atomic mass is 32.2. The first-order chi connectivity index (χ1) is 17.0. The quantitative estimate of drug-likeness (QED) is 0.467. The van der Waals surface area contributed by atoms with Gasteiger partial charge in [-0.2, -0.15) is 4.31 Å². The van der Waals surface area contributed by atoms with E-state index in [-0.39, 0.29) is 54.1 Å². The molecule has 1 N–H and O–H groups in total. The van der Waals surface area contributed by atoms with Crippen molar-refractivity contribution in [1.29, 1.82) is 0 Å². The molecule has 0 spiro atoms. The second-order valence-corrected chi connectivity index (χ2v) is 11.6. The van der Waals surface area contributed by atoms with Gasteiger partial charge in [-0.15, -0.1) is 0 Å². The fourth-order valence-electron chi connectivity index (χ4n) is 3.59. The molecule has 0 bridgehead atoms. The van der Waals surface area contributed by atoms with Crippen molar-refractivity contribution >= 4 is 37.3 Å². The molecule has 2 aromatic carbocycles. The Morgan fingerprint density at radius 2 is 1.61 bits per heavy atom. The molecule has 0 saturated carbocycles. The molecule has 1 aliphatic rings. The Balaban J connectivity index is 1.90. The van der Waals surface area contributed by atoms with E-state index in [1.165, 1.54) is 56.0 Å². The summed E-state index contributed by atoms with van der Waals surface area (Å²) in [4.78, 5) is 12.8. The lowest BCUT2D eigenvalue weighted by Crippen LogP contribution is -2.40. The minimum absolute atomic E-state index is 0.110. The third kappa shape index (κ3) is 6.19. The van der Waals surface area contributed by atoms with E-state index < -0.39 is 32.5 Å². The number of rotatable bonds is 10. The average Bonchev–Trinajstić information content (AvgIpc) is 2.86. The van der Waals surface area contributed by atoms with E-state index in [1.807, 2.05) is 0 Å². The highest BCUT2D eigenvalue weighted by molar-refractivity contribution is 7.92. The summed E-state index contributed by atoms with van der Waals surface area (Å²) in [5.41, 5.74) is 0.263. The Hall–Kier alpha value is -3.07. The Morgan fingerprint density at radius 1 is 0.972 bits per heavy atom. The van der Waals surface area contributed by atoms with Crippen LogP contribution in [0.25, 0.3) is 0 Å². The normalized spacial score (nSPS) is 14.7. The first kappa shape index (κ1) is 27.5. The van der Waals surface area contributed by atoms with Crippen LogP contribution in [0.5, 0.6) is 17.2 Å². The third-order valence-corrected chi connectivity index (χ3v) is 8.42. The van der Waals surface area contributed by atoms with Crippen LogP contribution in [-0.2, 0) is 29.6 Å². The maximum Gasteiger partial charge on any atom is 0.246 e. The van der Waals surface area contributed by atoms with Crippen molar-refractivity contribution in [2.75, 3.05) is 70.1 Å². The molecule has 0 radical (unpaired) electrons. The van der Waals surface area contributed by atoms with E-state index in [0.29, 0.717) is 5.75 Å². The van der Waals surface area contributed by atoms with Gasteiger partial charge in [-0.3, -0.25) is 9.10 Å². The number of methoxy groups -OCH3 is 3. The predicted octanol–water partition coefficient (Wildman–Crippen LogP) is 1.14. The molecule has 0 unspecified atom stereocenters. The fourth-order valence-corrected chi connectivity index (χ4v) is 6.03. The van der Waals surface area contributed by atoms with Crippen LogP contribution in [0.3, 0.4) is 0 Å². The number of ether oxygens (including phenoxy) is 4. The SMILES string of the molecule is COc1ccc(OC)c(N(CC(=O)Nc2ccc(OC)c(S(=O)(=O)N3CCOCC3)c2)S(C)(=O)=O)c1. The first-order valence-electron chi connectivity index (χ1n) is 10.8. The fraction of sp³-hybridized carbons (Fsp3) is 0.409. The third-order valence-electron chi connectivity index (χ3n) is 5.38. The molecule has 2 aromatic rings. The molecule has 3 rings (SSSR count). The van der Waals surface area contributed by atoms with Gasteiger partial charge in [0.05, 0.1) is 46.5 Å². The van der Waals surface area contributed by atoms with Crippen LogP contribution < -0.4 is 23.8 Å². The average molecular weight is 544 g/mol. The molecule has 1 heterocycles. The number of amides is 1. The minimum atomic E-state index is -3.93. The van der Waals surface area contributed by atoms with Crippen LogP contribution in [0.1, 0.15) is 0 Å². The van der Waals surface area contributed by atoms with Crippen molar-refractivity contribution in [2.24, 2.45) is 0 Å². The number of carbonyl (C=O) groups excluding carboxylic acids is 1. The van der Waals surface area contributed by atoms with Crippen LogP contribution in [0.15, 0.2) is 41.3 Å². The molecule has 198 valence electrons. The van der Waals surface area contributed by atoms with E-state index in [9.17, 15) is 21.6 Å². The molecular weight excluding hydrogens is 514 g/mol. The predicted molar refractivity (Wildman–Crippen MR) is 133 cm³/mol. The maximum atomic E-state index is 13.2. The van der Waals surface area contributed by atoms with Gasteiger partial charge >= 0.3 is 0 Å².